The number of benzene rings is 1. The van der Waals surface area contributed by atoms with Crippen molar-refractivity contribution in [3.8, 4) is 0 Å². The monoisotopic (exact) mass is 238 g/mol. The highest BCUT2D eigenvalue weighted by Gasteiger charge is 2.03. The smallest absolute Gasteiger partial charge is 0.184 e. The van der Waals surface area contributed by atoms with Gasteiger partial charge < -0.3 is 10.6 Å². The van der Waals surface area contributed by atoms with Crippen molar-refractivity contribution in [1.82, 2.24) is 0 Å². The molecular weight excluding hydrogens is 234 g/mol. The van der Waals surface area contributed by atoms with E-state index >= 15 is 0 Å². The summed E-state index contributed by atoms with van der Waals surface area (Å²) in [5, 5.41) is 5.54. The fourth-order valence-corrected chi connectivity index (χ4v) is 1.29. The molecule has 0 amide bonds. The van der Waals surface area contributed by atoms with Gasteiger partial charge in [0.05, 0.1) is 0 Å². The normalized spacial score (nSPS) is 10.2. The van der Waals surface area contributed by atoms with Gasteiger partial charge in [0.2, 0.25) is 0 Å². The zero-order valence-corrected chi connectivity index (χ0v) is 8.10. The number of carbonyl (C=O) groups excluding carboxylic acids is 1. The van der Waals surface area contributed by atoms with Gasteiger partial charge in [-0.2, -0.15) is 0 Å². The molecule has 0 fully saturated rings. The minimum atomic E-state index is -0.315. The second-order valence-corrected chi connectivity index (χ2v) is 3.03. The third-order valence-corrected chi connectivity index (χ3v) is 2.06. The van der Waals surface area contributed by atoms with Gasteiger partial charge in [0.25, 0.3) is 0 Å². The lowest BCUT2D eigenvalue weighted by Crippen LogP contribution is -2.00. The van der Waals surface area contributed by atoms with E-state index in [2.05, 4.69) is 26.3 Å². The molecule has 5 heteroatoms. The van der Waals surface area contributed by atoms with Crippen LogP contribution >= 0.6 is 15.9 Å². The first kappa shape index (κ1) is 9.73. The summed E-state index contributed by atoms with van der Waals surface area (Å²) in [6.07, 6.45) is 0.945. The molecule has 66 valence electrons. The molecule has 1 aromatic rings. The minimum Gasteiger partial charge on any atom is -0.362 e. The summed E-state index contributed by atoms with van der Waals surface area (Å²) in [5.41, 5.74) is 8.48. The van der Waals surface area contributed by atoms with Crippen LogP contribution in [0.4, 0.5) is 0 Å². The summed E-state index contributed by atoms with van der Waals surface area (Å²) in [6.45, 7) is 0. The van der Waals surface area contributed by atoms with Gasteiger partial charge in [-0.05, 0) is 18.3 Å². The second kappa shape index (κ2) is 4.61. The number of nitrogens with zero attached hydrogens (tertiary/aromatic N) is 3. The van der Waals surface area contributed by atoms with Crippen molar-refractivity contribution in [3.05, 3.63) is 39.8 Å². The molecule has 1 rings (SSSR count). The maximum atomic E-state index is 11.3. The predicted octanol–water partition coefficient (Wildman–Crippen LogP) is 2.64. The first-order valence-corrected chi connectivity index (χ1v) is 4.21. The molecule has 0 saturated heterocycles. The summed E-state index contributed by atoms with van der Waals surface area (Å²) in [7, 11) is 0. The van der Waals surface area contributed by atoms with Gasteiger partial charge >= 0.3 is 0 Å². The highest BCUT2D eigenvalue weighted by Crippen LogP contribution is 2.15. The average Bonchev–Trinajstić information content (AvgIpc) is 2.15. The third-order valence-electron chi connectivity index (χ3n) is 1.37. The van der Waals surface area contributed by atoms with Crippen molar-refractivity contribution < 1.29 is 4.79 Å². The number of carbonyl (C=O) groups is 1. The number of hydrogen-bond donors (Lipinski definition) is 0. The largest absolute Gasteiger partial charge is 0.362 e. The van der Waals surface area contributed by atoms with Crippen LogP contribution < -0.4 is 0 Å². The molecule has 0 aromatic heterocycles. The second-order valence-electron chi connectivity index (χ2n) is 2.18. The standard InChI is InChI=1S/C8H5BrN3O/c9-7-4-2-1-3-6(7)8(13)5-11-12-10/h1-5H/q-1. The lowest BCUT2D eigenvalue weighted by atomic mass is 10.1. The Bertz CT molecular complexity index is 362. The van der Waals surface area contributed by atoms with Crippen LogP contribution in [-0.4, -0.2) is 12.0 Å². The predicted molar refractivity (Wildman–Crippen MR) is 52.8 cm³/mol. The molecule has 0 N–H and O–H groups in total. The van der Waals surface area contributed by atoms with Crippen LogP contribution in [0.3, 0.4) is 0 Å². The molecule has 1 aromatic carbocycles. The molecule has 13 heavy (non-hydrogen) atoms. The molecule has 0 spiro atoms. The summed E-state index contributed by atoms with van der Waals surface area (Å²) in [5.74, 6) is -0.315. The fourth-order valence-electron chi connectivity index (χ4n) is 0.809. The lowest BCUT2D eigenvalue weighted by Gasteiger charge is -1.98. The van der Waals surface area contributed by atoms with Crippen LogP contribution in [-0.2, 0) is 0 Å². The Morgan fingerprint density at radius 3 is 2.77 bits per heavy atom. The van der Waals surface area contributed by atoms with Crippen LogP contribution in [0.25, 0.3) is 5.53 Å². The zero-order valence-electron chi connectivity index (χ0n) is 6.51. The van der Waals surface area contributed by atoms with Crippen molar-refractivity contribution in [3.63, 3.8) is 0 Å². The average molecular weight is 239 g/mol. The van der Waals surface area contributed by atoms with Gasteiger partial charge in [-0.3, -0.25) is 10.0 Å². The molecular formula is C8H5BrN3O-. The number of Topliss-reactive ketones (excluding diaryl/α,β-unsaturated/α-hetero) is 1. The van der Waals surface area contributed by atoms with Gasteiger partial charge in [0, 0.05) is 10.0 Å². The molecule has 0 unspecified atom stereocenters. The fraction of sp³-hybridized carbons (Fsp3) is 0. The Hall–Kier alpha value is -1.36. The van der Waals surface area contributed by atoms with Gasteiger partial charge in [-0.15, -0.1) is 0 Å². The van der Waals surface area contributed by atoms with Crippen LogP contribution in [0.15, 0.2) is 39.1 Å². The lowest BCUT2D eigenvalue weighted by molar-refractivity contribution is 0.107. The van der Waals surface area contributed by atoms with Crippen LogP contribution in [0.1, 0.15) is 10.4 Å². The molecule has 0 aliphatic heterocycles. The number of hydrogen-bond acceptors (Lipinski definition) is 2. The minimum absolute atomic E-state index is 0.315. The van der Waals surface area contributed by atoms with E-state index in [1.165, 1.54) is 0 Å². The maximum absolute atomic E-state index is 11.3. The Balaban J connectivity index is 2.95. The van der Waals surface area contributed by atoms with Crippen molar-refractivity contribution in [2.45, 2.75) is 0 Å². The molecule has 0 saturated carbocycles. The third kappa shape index (κ3) is 2.55. The van der Waals surface area contributed by atoms with E-state index < -0.39 is 0 Å². The van der Waals surface area contributed by atoms with E-state index in [1.807, 2.05) is 0 Å². The first-order chi connectivity index (χ1) is 6.25. The summed E-state index contributed by atoms with van der Waals surface area (Å²) in [4.78, 5) is 11.3. The van der Waals surface area contributed by atoms with Crippen LogP contribution in [0.5, 0.6) is 0 Å². The van der Waals surface area contributed by atoms with Crippen LogP contribution in [0.2, 0.25) is 0 Å². The quantitative estimate of drug-likeness (QED) is 0.346. The Labute approximate surface area is 83.3 Å². The number of rotatable bonds is 3. The molecule has 0 bridgehead atoms. The highest BCUT2D eigenvalue weighted by molar-refractivity contribution is 9.10. The van der Waals surface area contributed by atoms with E-state index in [0.717, 1.165) is 6.21 Å². The van der Waals surface area contributed by atoms with E-state index in [-0.39, 0.29) is 5.78 Å². The van der Waals surface area contributed by atoms with Crippen molar-refractivity contribution in [2.75, 3.05) is 0 Å². The van der Waals surface area contributed by atoms with E-state index in [9.17, 15) is 4.79 Å². The van der Waals surface area contributed by atoms with Crippen LogP contribution in [0, 0.1) is 0 Å². The molecule has 4 nitrogen and oxygen atoms in total. The van der Waals surface area contributed by atoms with Gasteiger partial charge in [-0.25, -0.2) is 0 Å². The SMILES string of the molecule is [N-]=NN=CC(=O)c1ccccc1Br. The van der Waals surface area contributed by atoms with Crippen molar-refractivity contribution in [1.29, 1.82) is 0 Å². The highest BCUT2D eigenvalue weighted by atomic mass is 79.9. The Morgan fingerprint density at radius 1 is 1.46 bits per heavy atom. The van der Waals surface area contributed by atoms with Gasteiger partial charge in [0.1, 0.15) is 0 Å². The van der Waals surface area contributed by atoms with E-state index in [4.69, 9.17) is 5.53 Å². The Kier molecular flexibility index (Phi) is 3.45. The number of halogens is 1. The van der Waals surface area contributed by atoms with Crippen molar-refractivity contribution in [2.24, 2.45) is 10.3 Å². The molecule has 0 aliphatic rings. The molecule has 0 aliphatic carbocycles. The maximum Gasteiger partial charge on any atom is 0.184 e. The Morgan fingerprint density at radius 2 is 2.15 bits per heavy atom. The summed E-state index contributed by atoms with van der Waals surface area (Å²) in [6, 6.07) is 6.93. The first-order valence-electron chi connectivity index (χ1n) is 3.42. The summed E-state index contributed by atoms with van der Waals surface area (Å²) >= 11 is 3.21. The topological polar surface area (TPSA) is 64.1 Å². The molecule has 0 radical (unpaired) electrons. The van der Waals surface area contributed by atoms with E-state index in [1.54, 1.807) is 24.3 Å². The van der Waals surface area contributed by atoms with Gasteiger partial charge in [-0.1, -0.05) is 28.1 Å². The molecule has 0 heterocycles. The number of ketones is 1. The van der Waals surface area contributed by atoms with Gasteiger partial charge in [0.15, 0.2) is 5.78 Å². The zero-order chi connectivity index (χ0) is 9.68. The van der Waals surface area contributed by atoms with Crippen molar-refractivity contribution >= 4 is 27.9 Å². The summed E-state index contributed by atoms with van der Waals surface area (Å²) < 4.78 is 0.685. The molecule has 0 atom stereocenters. The van der Waals surface area contributed by atoms with E-state index in [0.29, 0.717) is 10.0 Å².